The number of anilines is 1. The smallest absolute Gasteiger partial charge is 0.319 e. The lowest BCUT2D eigenvalue weighted by atomic mass is 9.97. The van der Waals surface area contributed by atoms with Gasteiger partial charge in [-0.05, 0) is 55.7 Å². The second kappa shape index (κ2) is 11.4. The van der Waals surface area contributed by atoms with Crippen molar-refractivity contribution in [3.8, 4) is 5.75 Å². The number of carbonyl (C=O) groups excluding carboxylic acids is 1. The number of hydrogen-bond donors (Lipinski definition) is 4. The van der Waals surface area contributed by atoms with Crippen molar-refractivity contribution in [2.45, 2.75) is 42.4 Å². The maximum atomic E-state index is 13.0. The molecule has 3 rings (SSSR count). The van der Waals surface area contributed by atoms with Crippen LogP contribution in [0.3, 0.4) is 0 Å². The van der Waals surface area contributed by atoms with Crippen LogP contribution in [-0.4, -0.2) is 58.1 Å². The van der Waals surface area contributed by atoms with Crippen molar-refractivity contribution in [3.63, 3.8) is 0 Å². The number of sulfonamides is 1. The fraction of sp³-hybridized carbons (Fsp3) is 0.409. The molecular formula is C22H28FN3O6S. The number of benzene rings is 2. The number of halogens is 1. The summed E-state index contributed by atoms with van der Waals surface area (Å²) in [6.45, 7) is -0.174. The van der Waals surface area contributed by atoms with Crippen LogP contribution in [0.15, 0.2) is 53.4 Å². The van der Waals surface area contributed by atoms with Gasteiger partial charge in [-0.2, -0.15) is 0 Å². The maximum absolute atomic E-state index is 13.0. The van der Waals surface area contributed by atoms with Crippen LogP contribution in [0.1, 0.15) is 19.3 Å². The third kappa shape index (κ3) is 6.87. The van der Waals surface area contributed by atoms with Gasteiger partial charge in [-0.3, -0.25) is 0 Å². The predicted octanol–water partition coefficient (Wildman–Crippen LogP) is 2.23. The highest BCUT2D eigenvalue weighted by Gasteiger charge is 2.32. The molecular weight excluding hydrogens is 453 g/mol. The minimum Gasteiger partial charge on any atom is -0.495 e. The van der Waals surface area contributed by atoms with E-state index in [0.29, 0.717) is 30.7 Å². The molecule has 0 spiro atoms. The van der Waals surface area contributed by atoms with Crippen molar-refractivity contribution in [3.05, 3.63) is 54.3 Å². The Labute approximate surface area is 192 Å². The lowest BCUT2D eigenvalue weighted by Gasteiger charge is -2.36. The molecule has 1 fully saturated rings. The van der Waals surface area contributed by atoms with E-state index in [1.807, 2.05) is 0 Å². The molecule has 0 aliphatic carbocycles. The third-order valence-corrected chi connectivity index (χ3v) is 6.83. The van der Waals surface area contributed by atoms with Crippen molar-refractivity contribution in [2.75, 3.05) is 25.6 Å². The van der Waals surface area contributed by atoms with Crippen LogP contribution < -0.4 is 20.1 Å². The molecule has 1 heterocycles. The van der Waals surface area contributed by atoms with Gasteiger partial charge in [0.1, 0.15) is 17.7 Å². The van der Waals surface area contributed by atoms with Gasteiger partial charge in [-0.1, -0.05) is 12.1 Å². The fourth-order valence-corrected chi connectivity index (χ4v) is 4.68. The first-order valence-electron chi connectivity index (χ1n) is 10.5. The molecule has 0 saturated carbocycles. The van der Waals surface area contributed by atoms with E-state index in [4.69, 9.17) is 9.47 Å². The number of aliphatic hydroxyl groups is 1. The molecule has 2 amide bonds. The van der Waals surface area contributed by atoms with Crippen LogP contribution in [0, 0.1) is 5.82 Å². The number of rotatable bonds is 9. The van der Waals surface area contributed by atoms with Gasteiger partial charge in [0.2, 0.25) is 10.0 Å². The SMILES string of the molecule is COc1ccccc1NC(=O)N[C@H]1CC[C@H](CCNS(=O)(=O)c2ccc(F)cc2)O[C@@H]1CO. The number of hydrogen-bond acceptors (Lipinski definition) is 6. The third-order valence-electron chi connectivity index (χ3n) is 5.35. The summed E-state index contributed by atoms with van der Waals surface area (Å²) in [4.78, 5) is 12.4. The summed E-state index contributed by atoms with van der Waals surface area (Å²) in [5.74, 6) is 0.00811. The maximum Gasteiger partial charge on any atom is 0.319 e. The second-order valence-corrected chi connectivity index (χ2v) is 9.37. The summed E-state index contributed by atoms with van der Waals surface area (Å²) in [5, 5.41) is 15.3. The minimum atomic E-state index is -3.76. The molecule has 4 N–H and O–H groups in total. The summed E-state index contributed by atoms with van der Waals surface area (Å²) >= 11 is 0. The molecule has 1 aliphatic rings. The van der Waals surface area contributed by atoms with Crippen molar-refractivity contribution in [1.82, 2.24) is 10.0 Å². The van der Waals surface area contributed by atoms with Crippen molar-refractivity contribution >= 4 is 21.7 Å². The zero-order chi connectivity index (χ0) is 23.8. The van der Waals surface area contributed by atoms with E-state index in [2.05, 4.69) is 15.4 Å². The van der Waals surface area contributed by atoms with Crippen LogP contribution in [0.5, 0.6) is 5.75 Å². The largest absolute Gasteiger partial charge is 0.495 e. The molecule has 1 saturated heterocycles. The van der Waals surface area contributed by atoms with Gasteiger partial charge in [-0.25, -0.2) is 22.3 Å². The highest BCUT2D eigenvalue weighted by Crippen LogP contribution is 2.24. The molecule has 1 aliphatic heterocycles. The first-order chi connectivity index (χ1) is 15.8. The van der Waals surface area contributed by atoms with Gasteiger partial charge < -0.3 is 25.2 Å². The van der Waals surface area contributed by atoms with Gasteiger partial charge in [0.05, 0.1) is 36.4 Å². The number of methoxy groups -OCH3 is 1. The Morgan fingerprint density at radius 1 is 1.18 bits per heavy atom. The summed E-state index contributed by atoms with van der Waals surface area (Å²) in [7, 11) is -2.25. The average molecular weight is 482 g/mol. The van der Waals surface area contributed by atoms with Crippen LogP contribution in [0.4, 0.5) is 14.9 Å². The number of ether oxygens (including phenoxy) is 2. The van der Waals surface area contributed by atoms with Gasteiger partial charge in [0.25, 0.3) is 0 Å². The average Bonchev–Trinajstić information content (AvgIpc) is 2.80. The van der Waals surface area contributed by atoms with E-state index < -0.39 is 34.0 Å². The van der Waals surface area contributed by atoms with E-state index in [0.717, 1.165) is 12.1 Å². The fourth-order valence-electron chi connectivity index (χ4n) is 3.64. The van der Waals surface area contributed by atoms with E-state index in [1.54, 1.807) is 24.3 Å². The zero-order valence-electron chi connectivity index (χ0n) is 18.2. The normalized spacial score (nSPS) is 20.8. The van der Waals surface area contributed by atoms with Crippen molar-refractivity contribution in [2.24, 2.45) is 0 Å². The van der Waals surface area contributed by atoms with E-state index >= 15 is 0 Å². The molecule has 3 atom stereocenters. The highest BCUT2D eigenvalue weighted by atomic mass is 32.2. The Morgan fingerprint density at radius 3 is 2.61 bits per heavy atom. The Hall–Kier alpha value is -2.73. The predicted molar refractivity (Wildman–Crippen MR) is 120 cm³/mol. The Morgan fingerprint density at radius 2 is 1.91 bits per heavy atom. The van der Waals surface area contributed by atoms with Crippen LogP contribution in [0.25, 0.3) is 0 Å². The molecule has 11 heteroatoms. The number of amides is 2. The van der Waals surface area contributed by atoms with Gasteiger partial charge in [-0.15, -0.1) is 0 Å². The Kier molecular flexibility index (Phi) is 8.61. The number of carbonyl (C=O) groups is 1. The molecule has 9 nitrogen and oxygen atoms in total. The topological polar surface area (TPSA) is 126 Å². The van der Waals surface area contributed by atoms with Crippen LogP contribution in [-0.2, 0) is 14.8 Å². The lowest BCUT2D eigenvalue weighted by Crippen LogP contribution is -2.52. The number of aliphatic hydroxyl groups excluding tert-OH is 1. The number of para-hydroxylation sites is 2. The van der Waals surface area contributed by atoms with E-state index in [1.165, 1.54) is 19.2 Å². The van der Waals surface area contributed by atoms with Crippen molar-refractivity contribution in [1.29, 1.82) is 0 Å². The first kappa shape index (κ1) is 24.9. The molecule has 180 valence electrons. The minimum absolute atomic E-state index is 0.0213. The molecule has 0 bridgehead atoms. The lowest BCUT2D eigenvalue weighted by molar-refractivity contribution is -0.0884. The Bertz CT molecular complexity index is 1030. The molecule has 2 aromatic rings. The monoisotopic (exact) mass is 481 g/mol. The number of nitrogens with one attached hydrogen (secondary N) is 3. The quantitative estimate of drug-likeness (QED) is 0.435. The van der Waals surface area contributed by atoms with Gasteiger partial charge in [0.15, 0.2) is 0 Å². The highest BCUT2D eigenvalue weighted by molar-refractivity contribution is 7.89. The summed E-state index contributed by atoms with van der Waals surface area (Å²) < 4.78 is 51.2. The first-order valence-corrected chi connectivity index (χ1v) is 12.0. The van der Waals surface area contributed by atoms with Crippen LogP contribution in [0.2, 0.25) is 0 Å². The number of urea groups is 1. The zero-order valence-corrected chi connectivity index (χ0v) is 19.0. The molecule has 0 radical (unpaired) electrons. The molecule has 33 heavy (non-hydrogen) atoms. The Balaban J connectivity index is 1.48. The summed E-state index contributed by atoms with van der Waals surface area (Å²) in [6, 6.07) is 10.7. The van der Waals surface area contributed by atoms with Gasteiger partial charge >= 0.3 is 6.03 Å². The van der Waals surface area contributed by atoms with Crippen molar-refractivity contribution < 1.29 is 32.2 Å². The van der Waals surface area contributed by atoms with E-state index in [9.17, 15) is 22.7 Å². The summed E-state index contributed by atoms with van der Waals surface area (Å²) in [6.07, 6.45) is 0.611. The van der Waals surface area contributed by atoms with Crippen LogP contribution >= 0.6 is 0 Å². The molecule has 0 unspecified atom stereocenters. The molecule has 0 aromatic heterocycles. The summed E-state index contributed by atoms with van der Waals surface area (Å²) in [5.41, 5.74) is 0.515. The molecule has 2 aromatic carbocycles. The van der Waals surface area contributed by atoms with Gasteiger partial charge in [0, 0.05) is 6.54 Å². The second-order valence-electron chi connectivity index (χ2n) is 7.60. The standard InChI is InChI=1S/C22H28FN3O6S/c1-31-20-5-3-2-4-18(20)25-22(28)26-19-11-8-16(32-21(19)14-27)12-13-24-33(29,30)17-9-6-15(23)7-10-17/h2-7,9-10,16,19,21,24,27H,8,11-14H2,1H3,(H2,25,26,28)/t16-,19+,21-/m1/s1. The van der Waals surface area contributed by atoms with E-state index in [-0.39, 0.29) is 24.2 Å².